The lowest BCUT2D eigenvalue weighted by Crippen LogP contribution is -2.25. The first-order chi connectivity index (χ1) is 29.8. The summed E-state index contributed by atoms with van der Waals surface area (Å²) in [5.41, 5.74) is 22.0. The number of halogens is 2. The van der Waals surface area contributed by atoms with Gasteiger partial charge >= 0.3 is 0 Å². The molecule has 0 aliphatic carbocycles. The van der Waals surface area contributed by atoms with Crippen molar-refractivity contribution < 1.29 is 9.59 Å². The molecular formula is C46H42Cl2N12O2. The van der Waals surface area contributed by atoms with Crippen LogP contribution >= 0.6 is 23.2 Å². The minimum absolute atomic E-state index is 0.265. The maximum Gasteiger partial charge on any atom is 0.271 e. The van der Waals surface area contributed by atoms with E-state index < -0.39 is 0 Å². The van der Waals surface area contributed by atoms with E-state index in [1.807, 2.05) is 76.2 Å². The first-order valence-corrected chi connectivity index (χ1v) is 20.3. The number of nitrogen functional groups attached to an aromatic ring is 2. The Labute approximate surface area is 367 Å². The minimum atomic E-state index is -0.292. The number of fused-ring (bicyclic) bond motifs is 2. The van der Waals surface area contributed by atoms with Gasteiger partial charge in [-0.25, -0.2) is 24.9 Å². The van der Waals surface area contributed by atoms with Crippen LogP contribution in [0.1, 0.15) is 77.3 Å². The average molecular weight is 866 g/mol. The van der Waals surface area contributed by atoms with E-state index in [0.717, 1.165) is 66.6 Å². The van der Waals surface area contributed by atoms with Gasteiger partial charge in [-0.1, -0.05) is 35.3 Å². The molecule has 0 unspecified atom stereocenters. The SMILES string of the molecule is Cc1cc(N)nc(C)c1CNC(=O)c1ccnc(Cc2ccc3ncc(Cl)cc3c2)n1.Cc1cc(N)nc(C)c1CNC(=O)c1cncc(Cc2ccc3ncc(Cl)cc3c2)n1. The zero-order valence-corrected chi connectivity index (χ0v) is 35.9. The number of nitrogens with one attached hydrogen (secondary N) is 2. The van der Waals surface area contributed by atoms with Crippen LogP contribution in [-0.4, -0.2) is 51.7 Å². The summed E-state index contributed by atoms with van der Waals surface area (Å²) in [4.78, 5) is 59.9. The Balaban J connectivity index is 0.000000186. The maximum absolute atomic E-state index is 12.7. The van der Waals surface area contributed by atoms with E-state index in [1.54, 1.807) is 43.0 Å². The Morgan fingerprint density at radius 2 is 1.11 bits per heavy atom. The number of carbonyl (C=O) groups excluding carboxylic acids is 2. The molecule has 0 fully saturated rings. The molecule has 0 saturated heterocycles. The Bertz CT molecular complexity index is 2730. The predicted octanol–water partition coefficient (Wildman–Crippen LogP) is 7.59. The van der Waals surface area contributed by atoms with Gasteiger partial charge in [0, 0.05) is 72.9 Å². The summed E-state index contributed by atoms with van der Waals surface area (Å²) in [7, 11) is 0. The molecule has 6 aromatic heterocycles. The van der Waals surface area contributed by atoms with Crippen molar-refractivity contribution in [3.8, 4) is 0 Å². The number of carbonyl (C=O) groups is 2. The smallest absolute Gasteiger partial charge is 0.271 e. The quantitative estimate of drug-likeness (QED) is 0.105. The Hall–Kier alpha value is -7.16. The van der Waals surface area contributed by atoms with Crippen molar-refractivity contribution in [3.05, 3.63) is 175 Å². The molecular weight excluding hydrogens is 823 g/mol. The number of pyridine rings is 4. The summed E-state index contributed by atoms with van der Waals surface area (Å²) in [6.45, 7) is 8.33. The predicted molar refractivity (Wildman–Crippen MR) is 242 cm³/mol. The molecule has 0 spiro atoms. The molecule has 8 aromatic rings. The average Bonchev–Trinajstić information content (AvgIpc) is 3.23. The lowest BCUT2D eigenvalue weighted by molar-refractivity contribution is 0.0937. The molecule has 16 heteroatoms. The molecule has 8 rings (SSSR count). The number of amides is 2. The third kappa shape index (κ3) is 10.8. The maximum atomic E-state index is 12.7. The van der Waals surface area contributed by atoms with Gasteiger partial charge in [0.2, 0.25) is 0 Å². The molecule has 0 aliphatic rings. The number of aryl methyl sites for hydroxylation is 4. The van der Waals surface area contributed by atoms with E-state index in [0.29, 0.717) is 64.8 Å². The number of rotatable bonds is 10. The summed E-state index contributed by atoms with van der Waals surface area (Å²) < 4.78 is 0. The second kappa shape index (κ2) is 19.0. The van der Waals surface area contributed by atoms with E-state index in [9.17, 15) is 9.59 Å². The molecule has 6 heterocycles. The third-order valence-corrected chi connectivity index (χ3v) is 10.4. The van der Waals surface area contributed by atoms with Gasteiger partial charge in [-0.05, 0) is 116 Å². The first kappa shape index (κ1) is 42.9. The standard InChI is InChI=1S/2C23H21ClN6O/c1-13-5-22(25)29-14(2)19(13)11-28-23(31)21-12-26-10-18(30-21)7-15-3-4-20-16(6-15)8-17(24)9-27-20;1-13-7-21(25)29-14(2)18(13)12-28-23(31)20-5-6-26-22(30-20)9-15-3-4-19-16(8-15)10-17(24)11-27-19/h3-6,8-10,12H,7,11H2,1-2H3,(H2,25,29)(H,28,31);3-8,10-11H,9,12H2,1-2H3,(H2,25,29)(H,28,31). The van der Waals surface area contributed by atoms with Crippen LogP contribution in [0.15, 0.2) is 97.7 Å². The van der Waals surface area contributed by atoms with Crippen LogP contribution in [0, 0.1) is 27.7 Å². The third-order valence-electron chi connectivity index (χ3n) is 10.0. The molecule has 312 valence electrons. The van der Waals surface area contributed by atoms with Gasteiger partial charge in [-0.3, -0.25) is 24.5 Å². The Morgan fingerprint density at radius 3 is 1.66 bits per heavy atom. The van der Waals surface area contributed by atoms with Crippen LogP contribution in [0.5, 0.6) is 0 Å². The molecule has 0 bridgehead atoms. The molecule has 2 aromatic carbocycles. The van der Waals surface area contributed by atoms with E-state index >= 15 is 0 Å². The van der Waals surface area contributed by atoms with Gasteiger partial charge in [-0.2, -0.15) is 0 Å². The number of aromatic nitrogens is 8. The van der Waals surface area contributed by atoms with Gasteiger partial charge < -0.3 is 22.1 Å². The van der Waals surface area contributed by atoms with Crippen LogP contribution < -0.4 is 22.1 Å². The van der Waals surface area contributed by atoms with E-state index in [2.05, 4.69) is 50.5 Å². The fourth-order valence-electron chi connectivity index (χ4n) is 6.96. The Morgan fingerprint density at radius 1 is 0.581 bits per heavy atom. The van der Waals surface area contributed by atoms with E-state index in [4.69, 9.17) is 34.7 Å². The molecule has 0 atom stereocenters. The normalized spacial score (nSPS) is 10.9. The van der Waals surface area contributed by atoms with Crippen LogP contribution in [0.25, 0.3) is 21.8 Å². The van der Waals surface area contributed by atoms with Crippen molar-refractivity contribution in [2.75, 3.05) is 11.5 Å². The van der Waals surface area contributed by atoms with Gasteiger partial charge in [-0.15, -0.1) is 0 Å². The summed E-state index contributed by atoms with van der Waals surface area (Å²) in [6.07, 6.45) is 9.00. The van der Waals surface area contributed by atoms with Gasteiger partial charge in [0.1, 0.15) is 28.8 Å². The van der Waals surface area contributed by atoms with Crippen LogP contribution in [0.4, 0.5) is 11.6 Å². The van der Waals surface area contributed by atoms with Crippen molar-refractivity contribution in [1.82, 2.24) is 50.5 Å². The highest BCUT2D eigenvalue weighted by molar-refractivity contribution is 6.31. The zero-order valence-electron chi connectivity index (χ0n) is 34.4. The number of nitrogens with two attached hydrogens (primary N) is 2. The molecule has 14 nitrogen and oxygen atoms in total. The summed E-state index contributed by atoms with van der Waals surface area (Å²) in [5.74, 6) is 0.935. The molecule has 0 aliphatic heterocycles. The van der Waals surface area contributed by atoms with Crippen LogP contribution in [0.2, 0.25) is 10.0 Å². The lowest BCUT2D eigenvalue weighted by Gasteiger charge is -2.11. The van der Waals surface area contributed by atoms with Crippen molar-refractivity contribution in [2.45, 2.75) is 53.6 Å². The molecule has 0 saturated carbocycles. The largest absolute Gasteiger partial charge is 0.384 e. The first-order valence-electron chi connectivity index (χ1n) is 19.5. The van der Waals surface area contributed by atoms with Crippen molar-refractivity contribution >= 4 is 68.5 Å². The van der Waals surface area contributed by atoms with E-state index in [1.165, 1.54) is 6.20 Å². The molecule has 62 heavy (non-hydrogen) atoms. The van der Waals surface area contributed by atoms with E-state index in [-0.39, 0.29) is 17.5 Å². The second-order valence-corrected chi connectivity index (χ2v) is 15.6. The Kier molecular flexibility index (Phi) is 13.2. The number of hydrogen-bond donors (Lipinski definition) is 4. The number of benzene rings is 2. The second-order valence-electron chi connectivity index (χ2n) is 14.7. The summed E-state index contributed by atoms with van der Waals surface area (Å²) in [6, 6.07) is 20.8. The van der Waals surface area contributed by atoms with Crippen LogP contribution in [0.3, 0.4) is 0 Å². The number of nitrogens with zero attached hydrogens (tertiary/aromatic N) is 8. The topological polar surface area (TPSA) is 213 Å². The fourth-order valence-corrected chi connectivity index (χ4v) is 7.29. The number of anilines is 2. The zero-order chi connectivity index (χ0) is 43.9. The highest BCUT2D eigenvalue weighted by atomic mass is 35.5. The molecule has 0 radical (unpaired) electrons. The highest BCUT2D eigenvalue weighted by Gasteiger charge is 2.14. The lowest BCUT2D eigenvalue weighted by atomic mass is 10.1. The van der Waals surface area contributed by atoms with Gasteiger partial charge in [0.15, 0.2) is 0 Å². The van der Waals surface area contributed by atoms with Gasteiger partial charge in [0.25, 0.3) is 11.8 Å². The fraction of sp³-hybridized carbons (Fsp3) is 0.174. The minimum Gasteiger partial charge on any atom is -0.384 e. The van der Waals surface area contributed by atoms with Crippen LogP contribution in [-0.2, 0) is 25.9 Å². The van der Waals surface area contributed by atoms with Crippen molar-refractivity contribution in [1.29, 1.82) is 0 Å². The molecule has 2 amide bonds. The summed E-state index contributed by atoms with van der Waals surface area (Å²) in [5, 5.41) is 8.87. The van der Waals surface area contributed by atoms with Crippen molar-refractivity contribution in [2.24, 2.45) is 0 Å². The number of hydrogen-bond acceptors (Lipinski definition) is 12. The molecule has 6 N–H and O–H groups in total. The highest BCUT2D eigenvalue weighted by Crippen LogP contribution is 2.22. The summed E-state index contributed by atoms with van der Waals surface area (Å²) >= 11 is 12.1. The monoisotopic (exact) mass is 864 g/mol. The van der Waals surface area contributed by atoms with Gasteiger partial charge in [0.05, 0.1) is 33.0 Å². The van der Waals surface area contributed by atoms with Crippen molar-refractivity contribution in [3.63, 3.8) is 0 Å².